The fourth-order valence-electron chi connectivity index (χ4n) is 3.48. The fraction of sp³-hybridized carbons (Fsp3) is 0.929. The number of piperidine rings is 1. The summed E-state index contributed by atoms with van der Waals surface area (Å²) in [5.41, 5.74) is 0. The van der Waals surface area contributed by atoms with E-state index in [1.54, 1.807) is 0 Å². The van der Waals surface area contributed by atoms with Crippen LogP contribution in [0.25, 0.3) is 0 Å². The van der Waals surface area contributed by atoms with Gasteiger partial charge in [0.25, 0.3) is 0 Å². The maximum atomic E-state index is 11.3. The molecule has 0 aromatic carbocycles. The molecule has 98 valence electrons. The van der Waals surface area contributed by atoms with Crippen LogP contribution in [0.5, 0.6) is 0 Å². The van der Waals surface area contributed by atoms with Gasteiger partial charge in [-0.2, -0.15) is 0 Å². The van der Waals surface area contributed by atoms with Gasteiger partial charge >= 0.3 is 5.97 Å². The number of carboxylic acids is 1. The molecule has 0 aromatic heterocycles. The number of carbonyl (C=O) groups is 1. The van der Waals surface area contributed by atoms with Gasteiger partial charge < -0.3 is 5.11 Å². The van der Waals surface area contributed by atoms with E-state index in [1.165, 1.54) is 25.7 Å². The molecule has 0 bridgehead atoms. The summed E-state index contributed by atoms with van der Waals surface area (Å²) in [6.07, 6.45) is 6.72. The smallest absolute Gasteiger partial charge is 0.320 e. The molecule has 1 aliphatic heterocycles. The fourth-order valence-corrected chi connectivity index (χ4v) is 3.48. The van der Waals surface area contributed by atoms with Crippen LogP contribution in [-0.4, -0.2) is 34.6 Å². The number of rotatable bonds is 2. The van der Waals surface area contributed by atoms with Crippen molar-refractivity contribution in [3.05, 3.63) is 0 Å². The van der Waals surface area contributed by atoms with Crippen LogP contribution in [-0.2, 0) is 4.79 Å². The Morgan fingerprint density at radius 2 is 1.88 bits per heavy atom. The molecular weight excluding hydrogens is 214 g/mol. The summed E-state index contributed by atoms with van der Waals surface area (Å²) in [6.45, 7) is 5.63. The molecule has 0 radical (unpaired) electrons. The minimum Gasteiger partial charge on any atom is -0.480 e. The maximum absolute atomic E-state index is 11.3. The van der Waals surface area contributed by atoms with Crippen molar-refractivity contribution < 1.29 is 9.90 Å². The van der Waals surface area contributed by atoms with Crippen molar-refractivity contribution in [3.8, 4) is 0 Å². The maximum Gasteiger partial charge on any atom is 0.320 e. The highest BCUT2D eigenvalue weighted by atomic mass is 16.4. The van der Waals surface area contributed by atoms with Crippen molar-refractivity contribution in [2.45, 2.75) is 64.5 Å². The van der Waals surface area contributed by atoms with E-state index < -0.39 is 5.97 Å². The molecule has 4 atom stereocenters. The average molecular weight is 239 g/mol. The summed E-state index contributed by atoms with van der Waals surface area (Å²) in [6, 6.07) is 0.303. The number of likely N-dealkylation sites (tertiary alicyclic amines) is 1. The van der Waals surface area contributed by atoms with Gasteiger partial charge in [-0.25, -0.2) is 0 Å². The molecule has 0 spiro atoms. The van der Waals surface area contributed by atoms with Crippen LogP contribution >= 0.6 is 0 Å². The third-order valence-electron chi connectivity index (χ3n) is 4.87. The minimum atomic E-state index is -0.615. The Morgan fingerprint density at radius 1 is 1.12 bits per heavy atom. The Morgan fingerprint density at radius 3 is 2.53 bits per heavy atom. The van der Waals surface area contributed by atoms with Crippen molar-refractivity contribution in [1.82, 2.24) is 4.90 Å². The van der Waals surface area contributed by atoms with E-state index in [9.17, 15) is 9.90 Å². The molecular formula is C14H25NO2. The number of hydrogen-bond acceptors (Lipinski definition) is 2. The standard InChI is InChI=1S/C14H25NO2/c1-10-6-7-12(9-11(10)2)15-8-4-3-5-13(15)14(16)17/h10-13H,3-9H2,1-2H3,(H,16,17). The van der Waals surface area contributed by atoms with Crippen molar-refractivity contribution in [2.75, 3.05) is 6.54 Å². The van der Waals surface area contributed by atoms with Crippen molar-refractivity contribution in [3.63, 3.8) is 0 Å². The zero-order valence-electron chi connectivity index (χ0n) is 11.1. The lowest BCUT2D eigenvalue weighted by Crippen LogP contribution is -2.51. The first-order valence-electron chi connectivity index (χ1n) is 7.08. The Kier molecular flexibility index (Phi) is 4.08. The summed E-state index contributed by atoms with van der Waals surface area (Å²) in [5.74, 6) is 0.931. The molecule has 4 unspecified atom stereocenters. The lowest BCUT2D eigenvalue weighted by atomic mass is 9.77. The molecule has 2 aliphatic rings. The lowest BCUT2D eigenvalue weighted by molar-refractivity contribution is -0.146. The Labute approximate surface area is 104 Å². The van der Waals surface area contributed by atoms with Crippen LogP contribution in [0, 0.1) is 11.8 Å². The highest BCUT2D eigenvalue weighted by molar-refractivity contribution is 5.73. The van der Waals surface area contributed by atoms with E-state index in [2.05, 4.69) is 18.7 Å². The predicted molar refractivity (Wildman–Crippen MR) is 67.9 cm³/mol. The Balaban J connectivity index is 2.01. The van der Waals surface area contributed by atoms with Gasteiger partial charge in [0, 0.05) is 6.04 Å². The van der Waals surface area contributed by atoms with Crippen molar-refractivity contribution in [1.29, 1.82) is 0 Å². The molecule has 1 saturated carbocycles. The second-order valence-electron chi connectivity index (χ2n) is 6.01. The Bertz CT molecular complexity index is 279. The number of hydrogen-bond donors (Lipinski definition) is 1. The zero-order chi connectivity index (χ0) is 12.4. The topological polar surface area (TPSA) is 40.5 Å². The summed E-state index contributed by atoms with van der Waals surface area (Å²) in [4.78, 5) is 13.6. The van der Waals surface area contributed by atoms with Gasteiger partial charge in [-0.1, -0.05) is 20.3 Å². The number of aliphatic carboxylic acids is 1. The molecule has 17 heavy (non-hydrogen) atoms. The third-order valence-corrected chi connectivity index (χ3v) is 4.87. The largest absolute Gasteiger partial charge is 0.480 e. The van der Waals surface area contributed by atoms with Crippen molar-refractivity contribution in [2.24, 2.45) is 11.8 Å². The van der Waals surface area contributed by atoms with E-state index in [1.807, 2.05) is 0 Å². The SMILES string of the molecule is CC1CCC(N2CCCCC2C(=O)O)CC1C. The van der Waals surface area contributed by atoms with Crippen LogP contribution in [0.3, 0.4) is 0 Å². The normalized spacial score (nSPS) is 40.1. The first kappa shape index (κ1) is 12.9. The van der Waals surface area contributed by atoms with Crippen LogP contribution in [0.1, 0.15) is 52.4 Å². The number of nitrogens with zero attached hydrogens (tertiary/aromatic N) is 1. The summed E-state index contributed by atoms with van der Waals surface area (Å²) in [7, 11) is 0. The molecule has 1 aliphatic carbocycles. The molecule has 0 amide bonds. The minimum absolute atomic E-state index is 0.214. The first-order valence-corrected chi connectivity index (χ1v) is 7.08. The highest BCUT2D eigenvalue weighted by Gasteiger charge is 2.36. The van der Waals surface area contributed by atoms with Gasteiger partial charge in [-0.05, 0) is 50.5 Å². The van der Waals surface area contributed by atoms with E-state index in [0.717, 1.165) is 31.2 Å². The molecule has 2 fully saturated rings. The average Bonchev–Trinajstić information content (AvgIpc) is 2.32. The van der Waals surface area contributed by atoms with Gasteiger partial charge in [-0.15, -0.1) is 0 Å². The lowest BCUT2D eigenvalue weighted by Gasteiger charge is -2.43. The second kappa shape index (κ2) is 5.38. The highest BCUT2D eigenvalue weighted by Crippen LogP contribution is 2.34. The van der Waals surface area contributed by atoms with Crippen LogP contribution in [0.4, 0.5) is 0 Å². The number of carboxylic acid groups (broad SMARTS) is 1. The van der Waals surface area contributed by atoms with Gasteiger partial charge in [0.05, 0.1) is 0 Å². The van der Waals surface area contributed by atoms with E-state index in [4.69, 9.17) is 0 Å². The quantitative estimate of drug-likeness (QED) is 0.805. The monoisotopic (exact) mass is 239 g/mol. The summed E-state index contributed by atoms with van der Waals surface area (Å²) >= 11 is 0. The second-order valence-corrected chi connectivity index (χ2v) is 6.01. The molecule has 1 heterocycles. The van der Waals surface area contributed by atoms with Crippen LogP contribution < -0.4 is 0 Å². The molecule has 3 heteroatoms. The van der Waals surface area contributed by atoms with Gasteiger partial charge in [0.1, 0.15) is 6.04 Å². The Hall–Kier alpha value is -0.570. The molecule has 2 rings (SSSR count). The van der Waals surface area contributed by atoms with Crippen molar-refractivity contribution >= 4 is 5.97 Å². The van der Waals surface area contributed by atoms with E-state index in [-0.39, 0.29) is 6.04 Å². The van der Waals surface area contributed by atoms with Gasteiger partial charge in [0.2, 0.25) is 0 Å². The van der Waals surface area contributed by atoms with Gasteiger partial charge in [0.15, 0.2) is 0 Å². The summed E-state index contributed by atoms with van der Waals surface area (Å²) in [5, 5.41) is 9.32. The molecule has 3 nitrogen and oxygen atoms in total. The molecule has 0 aromatic rings. The first-order chi connectivity index (χ1) is 8.09. The van der Waals surface area contributed by atoms with Gasteiger partial charge in [-0.3, -0.25) is 9.69 Å². The third kappa shape index (κ3) is 2.82. The molecule has 1 saturated heterocycles. The van der Waals surface area contributed by atoms with E-state index >= 15 is 0 Å². The van der Waals surface area contributed by atoms with Crippen LogP contribution in [0.2, 0.25) is 0 Å². The predicted octanol–water partition coefficient (Wildman–Crippen LogP) is 2.75. The zero-order valence-corrected chi connectivity index (χ0v) is 11.1. The summed E-state index contributed by atoms with van der Waals surface area (Å²) < 4.78 is 0. The molecule has 1 N–H and O–H groups in total. The van der Waals surface area contributed by atoms with E-state index in [0.29, 0.717) is 6.04 Å². The van der Waals surface area contributed by atoms with Crippen LogP contribution in [0.15, 0.2) is 0 Å².